The van der Waals surface area contributed by atoms with Gasteiger partial charge in [0.2, 0.25) is 5.95 Å². The van der Waals surface area contributed by atoms with Gasteiger partial charge in [0.1, 0.15) is 25.3 Å². The van der Waals surface area contributed by atoms with Crippen LogP contribution in [0.4, 0.5) is 5.95 Å². The van der Waals surface area contributed by atoms with Crippen LogP contribution in [0.5, 0.6) is 0 Å². The number of nitrogens with one attached hydrogen (secondary N) is 1. The van der Waals surface area contributed by atoms with Gasteiger partial charge in [-0.05, 0) is 0 Å². The smallest absolute Gasteiger partial charge is 0.264 e. The molecule has 1 fully saturated rings. The molecular weight excluding hydrogens is 342 g/mol. The van der Waals surface area contributed by atoms with Crippen molar-refractivity contribution in [3.63, 3.8) is 0 Å². The van der Waals surface area contributed by atoms with Crippen LogP contribution in [-0.2, 0) is 4.74 Å². The number of anilines is 1. The van der Waals surface area contributed by atoms with Crippen molar-refractivity contribution in [2.75, 3.05) is 12.3 Å². The highest BCUT2D eigenvalue weighted by atomic mass is 28.3. The molecule has 0 bridgehead atoms. The molecule has 0 spiro atoms. The Bertz CT molecular complexity index is 920. The summed E-state index contributed by atoms with van der Waals surface area (Å²) < 4.78 is 7.03. The summed E-state index contributed by atoms with van der Waals surface area (Å²) in [4.78, 5) is 19.0. The number of aliphatic hydroxyl groups excluding tert-OH is 2. The molecule has 3 rings (SSSR count). The van der Waals surface area contributed by atoms with Gasteiger partial charge in [-0.1, -0.05) is 25.6 Å². The molecule has 1 aliphatic heterocycles. The van der Waals surface area contributed by atoms with E-state index in [9.17, 15) is 15.0 Å². The number of aromatic nitrogens is 4. The SMILES string of the molecule is C[Si](C)(C)C#Cc1nn([C@H]2C[C@H](O)[C@@H](CO)O2)c2nc(N)[nH]c(=O)c12. The van der Waals surface area contributed by atoms with Crippen molar-refractivity contribution in [1.29, 1.82) is 0 Å². The summed E-state index contributed by atoms with van der Waals surface area (Å²) in [5.41, 5.74) is 8.96. The molecule has 25 heavy (non-hydrogen) atoms. The van der Waals surface area contributed by atoms with E-state index >= 15 is 0 Å². The number of H-pyrrole nitrogens is 1. The summed E-state index contributed by atoms with van der Waals surface area (Å²) in [6, 6.07) is 0. The molecule has 0 saturated carbocycles. The van der Waals surface area contributed by atoms with Gasteiger partial charge in [0, 0.05) is 6.42 Å². The minimum absolute atomic E-state index is 0.0411. The fraction of sp³-hybridized carbons (Fsp3) is 0.533. The molecular formula is C15H21N5O4Si. The van der Waals surface area contributed by atoms with Crippen molar-refractivity contribution < 1.29 is 14.9 Å². The summed E-state index contributed by atoms with van der Waals surface area (Å²) in [5.74, 6) is 2.94. The number of fused-ring (bicyclic) bond motifs is 1. The predicted octanol–water partition coefficient (Wildman–Crippen LogP) is -0.429. The van der Waals surface area contributed by atoms with Crippen molar-refractivity contribution in [1.82, 2.24) is 19.7 Å². The molecule has 1 aliphatic rings. The van der Waals surface area contributed by atoms with E-state index in [0.717, 1.165) is 0 Å². The maximum absolute atomic E-state index is 12.3. The van der Waals surface area contributed by atoms with Crippen LogP contribution in [-0.4, -0.2) is 56.9 Å². The van der Waals surface area contributed by atoms with Gasteiger partial charge in [-0.2, -0.15) is 10.1 Å². The average molecular weight is 363 g/mol. The van der Waals surface area contributed by atoms with E-state index < -0.39 is 32.1 Å². The van der Waals surface area contributed by atoms with Gasteiger partial charge >= 0.3 is 0 Å². The lowest BCUT2D eigenvalue weighted by atomic mass is 10.2. The fourth-order valence-electron chi connectivity index (χ4n) is 2.63. The van der Waals surface area contributed by atoms with Gasteiger partial charge in [0.25, 0.3) is 5.56 Å². The lowest BCUT2D eigenvalue weighted by molar-refractivity contribution is -0.0470. The van der Waals surface area contributed by atoms with E-state index in [1.807, 2.05) is 0 Å². The number of nitrogens with two attached hydrogens (primary N) is 1. The Hall–Kier alpha value is -2.19. The third-order valence-corrected chi connectivity index (χ3v) is 4.67. The van der Waals surface area contributed by atoms with Crippen LogP contribution >= 0.6 is 0 Å². The Kier molecular flexibility index (Phi) is 4.42. The highest BCUT2D eigenvalue weighted by Crippen LogP contribution is 2.30. The zero-order valence-electron chi connectivity index (χ0n) is 14.3. The van der Waals surface area contributed by atoms with Gasteiger partial charge < -0.3 is 20.7 Å². The second-order valence-corrected chi connectivity index (χ2v) is 11.8. The molecule has 5 N–H and O–H groups in total. The molecule has 0 radical (unpaired) electrons. The van der Waals surface area contributed by atoms with E-state index in [2.05, 4.69) is 46.2 Å². The minimum Gasteiger partial charge on any atom is -0.394 e. The molecule has 2 aromatic rings. The largest absolute Gasteiger partial charge is 0.394 e. The zero-order chi connectivity index (χ0) is 18.4. The number of hydrogen-bond acceptors (Lipinski definition) is 7. The molecule has 0 amide bonds. The summed E-state index contributed by atoms with van der Waals surface area (Å²) in [7, 11) is -1.68. The summed E-state index contributed by atoms with van der Waals surface area (Å²) in [5, 5.41) is 23.8. The molecule has 134 valence electrons. The third kappa shape index (κ3) is 3.45. The number of hydrogen-bond donors (Lipinski definition) is 4. The first-order chi connectivity index (χ1) is 11.7. The van der Waals surface area contributed by atoms with Crippen molar-refractivity contribution in [3.8, 4) is 11.5 Å². The fourth-order valence-corrected chi connectivity index (χ4v) is 3.12. The Morgan fingerprint density at radius 1 is 1.48 bits per heavy atom. The number of aromatic amines is 1. The van der Waals surface area contributed by atoms with Gasteiger partial charge in [0.05, 0.1) is 12.7 Å². The van der Waals surface area contributed by atoms with E-state index in [1.165, 1.54) is 4.68 Å². The van der Waals surface area contributed by atoms with Crippen LogP contribution in [0, 0.1) is 11.5 Å². The number of nitrogens with zero attached hydrogens (tertiary/aromatic N) is 3. The number of ether oxygens (including phenoxy) is 1. The highest BCUT2D eigenvalue weighted by molar-refractivity contribution is 6.83. The molecule has 0 aromatic carbocycles. The van der Waals surface area contributed by atoms with E-state index in [1.54, 1.807) is 0 Å². The maximum Gasteiger partial charge on any atom is 0.264 e. The molecule has 1 saturated heterocycles. The van der Waals surface area contributed by atoms with Crippen molar-refractivity contribution in [2.24, 2.45) is 0 Å². The van der Waals surface area contributed by atoms with Crippen LogP contribution in [0.15, 0.2) is 4.79 Å². The lowest BCUT2D eigenvalue weighted by Crippen LogP contribution is -2.24. The molecule has 10 heteroatoms. The van der Waals surface area contributed by atoms with Crippen molar-refractivity contribution >= 4 is 25.1 Å². The normalized spacial score (nSPS) is 23.6. The minimum atomic E-state index is -1.68. The molecule has 3 atom stereocenters. The van der Waals surface area contributed by atoms with Gasteiger partial charge in [-0.15, -0.1) is 5.54 Å². The Morgan fingerprint density at radius 3 is 2.80 bits per heavy atom. The second-order valence-electron chi connectivity index (χ2n) is 7.06. The first-order valence-electron chi connectivity index (χ1n) is 7.95. The number of nitrogen functional groups attached to an aromatic ring is 1. The average Bonchev–Trinajstić information content (AvgIpc) is 3.04. The Balaban J connectivity index is 2.16. The van der Waals surface area contributed by atoms with Crippen molar-refractivity contribution in [2.45, 2.75) is 44.5 Å². The first kappa shape index (κ1) is 17.6. The van der Waals surface area contributed by atoms with Crippen LogP contribution in [0.3, 0.4) is 0 Å². The molecule has 9 nitrogen and oxygen atoms in total. The highest BCUT2D eigenvalue weighted by Gasteiger charge is 2.36. The Morgan fingerprint density at radius 2 is 2.20 bits per heavy atom. The maximum atomic E-state index is 12.3. The Labute approximate surface area is 144 Å². The topological polar surface area (TPSA) is 139 Å². The first-order valence-corrected chi connectivity index (χ1v) is 11.4. The number of rotatable bonds is 2. The van der Waals surface area contributed by atoms with E-state index in [-0.39, 0.29) is 30.0 Å². The summed E-state index contributed by atoms with van der Waals surface area (Å²) in [6.45, 7) is 5.95. The van der Waals surface area contributed by atoms with Crippen molar-refractivity contribution in [3.05, 3.63) is 16.0 Å². The standard InChI is InChI=1S/C15H21N5O4Si/c1-25(2,3)5-4-8-12-13(17-15(16)18-14(12)23)20(19-8)11-6-9(22)10(7-21)24-11/h9-11,21-22H,6-7H2,1-3H3,(H3,16,17,18,23)/t9-,10+,11+/m0/s1. The lowest BCUT2D eigenvalue weighted by Gasteiger charge is -2.12. The predicted molar refractivity (Wildman–Crippen MR) is 94.4 cm³/mol. The van der Waals surface area contributed by atoms with Crippen LogP contribution < -0.4 is 11.3 Å². The summed E-state index contributed by atoms with van der Waals surface area (Å²) in [6.07, 6.45) is -1.98. The third-order valence-electron chi connectivity index (χ3n) is 3.79. The second kappa shape index (κ2) is 6.27. The molecule has 2 aromatic heterocycles. The quantitative estimate of drug-likeness (QED) is 0.419. The van der Waals surface area contributed by atoms with Gasteiger partial charge in [-0.25, -0.2) is 4.68 Å². The monoisotopic (exact) mass is 363 g/mol. The molecule has 0 aliphatic carbocycles. The summed E-state index contributed by atoms with van der Waals surface area (Å²) >= 11 is 0. The van der Waals surface area contributed by atoms with Crippen LogP contribution in [0.1, 0.15) is 18.3 Å². The number of aliphatic hydroxyl groups is 2. The van der Waals surface area contributed by atoms with Gasteiger partial charge in [0.15, 0.2) is 11.9 Å². The van der Waals surface area contributed by atoms with Gasteiger partial charge in [-0.3, -0.25) is 9.78 Å². The molecule has 0 unspecified atom stereocenters. The van der Waals surface area contributed by atoms with E-state index in [4.69, 9.17) is 10.5 Å². The zero-order valence-corrected chi connectivity index (χ0v) is 15.3. The van der Waals surface area contributed by atoms with Crippen LogP contribution in [0.2, 0.25) is 19.6 Å². The van der Waals surface area contributed by atoms with Crippen LogP contribution in [0.25, 0.3) is 11.0 Å². The van der Waals surface area contributed by atoms with E-state index in [0.29, 0.717) is 5.69 Å². The molecule has 3 heterocycles.